The van der Waals surface area contributed by atoms with Gasteiger partial charge in [-0.15, -0.1) is 0 Å². The van der Waals surface area contributed by atoms with Crippen molar-refractivity contribution in [1.29, 1.82) is 0 Å². The van der Waals surface area contributed by atoms with Crippen LogP contribution in [0, 0.1) is 0 Å². The lowest BCUT2D eigenvalue weighted by atomic mass is 10.1. The number of amides is 1. The highest BCUT2D eigenvalue weighted by molar-refractivity contribution is 6.04. The Kier molecular flexibility index (Phi) is 4.62. The quantitative estimate of drug-likeness (QED) is 0.885. The summed E-state index contributed by atoms with van der Waals surface area (Å²) in [6, 6.07) is 12.0. The summed E-state index contributed by atoms with van der Waals surface area (Å²) in [5, 5.41) is 11.7. The molecule has 0 unspecified atom stereocenters. The molecule has 1 heterocycles. The lowest BCUT2D eigenvalue weighted by Gasteiger charge is -2.12. The van der Waals surface area contributed by atoms with Gasteiger partial charge in [0, 0.05) is 24.3 Å². The van der Waals surface area contributed by atoms with Gasteiger partial charge in [-0.25, -0.2) is 4.79 Å². The fourth-order valence-corrected chi connectivity index (χ4v) is 2.98. The maximum atomic E-state index is 12.4. The van der Waals surface area contributed by atoms with Crippen molar-refractivity contribution in [1.82, 2.24) is 4.90 Å². The van der Waals surface area contributed by atoms with Crippen molar-refractivity contribution in [2.45, 2.75) is 26.4 Å². The number of aromatic carboxylic acids is 1. The van der Waals surface area contributed by atoms with Crippen LogP contribution >= 0.6 is 0 Å². The van der Waals surface area contributed by atoms with Crippen molar-refractivity contribution in [3.63, 3.8) is 0 Å². The third-order valence-corrected chi connectivity index (χ3v) is 4.19. The van der Waals surface area contributed by atoms with Crippen molar-refractivity contribution in [2.75, 3.05) is 11.9 Å². The number of rotatable bonds is 5. The van der Waals surface area contributed by atoms with Crippen molar-refractivity contribution in [3.05, 3.63) is 64.7 Å². The van der Waals surface area contributed by atoms with Crippen LogP contribution in [0.4, 0.5) is 5.69 Å². The van der Waals surface area contributed by atoms with Gasteiger partial charge in [0.15, 0.2) is 0 Å². The summed E-state index contributed by atoms with van der Waals surface area (Å²) in [5.74, 6) is -1.17. The molecule has 0 bridgehead atoms. The van der Waals surface area contributed by atoms with Crippen molar-refractivity contribution in [3.8, 4) is 0 Å². The van der Waals surface area contributed by atoms with E-state index in [1.165, 1.54) is 23.3 Å². The first-order valence-electron chi connectivity index (χ1n) is 8.05. The Morgan fingerprint density at radius 2 is 1.71 bits per heavy atom. The van der Waals surface area contributed by atoms with Gasteiger partial charge in [0.05, 0.1) is 5.56 Å². The molecule has 24 heavy (non-hydrogen) atoms. The summed E-state index contributed by atoms with van der Waals surface area (Å²) in [4.78, 5) is 25.6. The van der Waals surface area contributed by atoms with E-state index in [0.717, 1.165) is 26.1 Å². The summed E-state index contributed by atoms with van der Waals surface area (Å²) in [7, 11) is 0. The molecule has 124 valence electrons. The highest BCUT2D eigenvalue weighted by atomic mass is 16.4. The van der Waals surface area contributed by atoms with Crippen LogP contribution in [-0.4, -0.2) is 28.4 Å². The van der Waals surface area contributed by atoms with E-state index in [9.17, 15) is 9.59 Å². The molecular formula is C19H20N2O3. The lowest BCUT2D eigenvalue weighted by Crippen LogP contribution is -2.16. The summed E-state index contributed by atoms with van der Waals surface area (Å²) >= 11 is 0. The van der Waals surface area contributed by atoms with Crippen LogP contribution in [-0.2, 0) is 13.1 Å². The fourth-order valence-electron chi connectivity index (χ4n) is 2.98. The molecule has 1 aliphatic heterocycles. The predicted octanol–water partition coefficient (Wildman–Crippen LogP) is 3.36. The number of carbonyl (C=O) groups is 2. The van der Waals surface area contributed by atoms with Gasteiger partial charge in [-0.05, 0) is 60.5 Å². The Labute approximate surface area is 140 Å². The third kappa shape index (κ3) is 3.46. The first-order chi connectivity index (χ1) is 11.6. The summed E-state index contributed by atoms with van der Waals surface area (Å²) < 4.78 is 0. The molecule has 0 saturated heterocycles. The number of carboxylic acids is 1. The number of benzene rings is 2. The number of anilines is 1. The van der Waals surface area contributed by atoms with Crippen molar-refractivity contribution >= 4 is 17.6 Å². The largest absolute Gasteiger partial charge is 0.478 e. The maximum absolute atomic E-state index is 12.4. The average Bonchev–Trinajstić information content (AvgIpc) is 2.97. The molecule has 0 radical (unpaired) electrons. The smallest absolute Gasteiger partial charge is 0.335 e. The van der Waals surface area contributed by atoms with Gasteiger partial charge in [0.1, 0.15) is 0 Å². The van der Waals surface area contributed by atoms with Crippen LogP contribution in [0.5, 0.6) is 0 Å². The molecule has 1 aliphatic rings. The number of fused-ring (bicyclic) bond motifs is 1. The molecule has 5 heteroatoms. The molecule has 0 saturated carbocycles. The second-order valence-electron chi connectivity index (χ2n) is 6.03. The van der Waals surface area contributed by atoms with E-state index < -0.39 is 5.97 Å². The zero-order valence-electron chi connectivity index (χ0n) is 13.6. The zero-order chi connectivity index (χ0) is 17.1. The molecular weight excluding hydrogens is 304 g/mol. The first-order valence-corrected chi connectivity index (χ1v) is 8.05. The van der Waals surface area contributed by atoms with E-state index in [-0.39, 0.29) is 11.5 Å². The number of carboxylic acid groups (broad SMARTS) is 1. The molecule has 0 spiro atoms. The molecule has 0 aliphatic carbocycles. The minimum atomic E-state index is -0.983. The number of nitrogens with one attached hydrogen (secondary N) is 1. The Hall–Kier alpha value is -2.66. The number of carbonyl (C=O) groups excluding carboxylic acids is 1. The first kappa shape index (κ1) is 16.2. The number of hydrogen-bond donors (Lipinski definition) is 2. The van der Waals surface area contributed by atoms with Crippen LogP contribution in [0.15, 0.2) is 42.5 Å². The molecule has 0 aromatic heterocycles. The van der Waals surface area contributed by atoms with Crippen LogP contribution < -0.4 is 5.32 Å². The minimum absolute atomic E-state index is 0.185. The molecule has 2 N–H and O–H groups in total. The van der Waals surface area contributed by atoms with Gasteiger partial charge in [0.2, 0.25) is 0 Å². The Morgan fingerprint density at radius 3 is 2.38 bits per heavy atom. The van der Waals surface area contributed by atoms with Gasteiger partial charge >= 0.3 is 5.97 Å². The predicted molar refractivity (Wildman–Crippen MR) is 92.2 cm³/mol. The zero-order valence-corrected chi connectivity index (χ0v) is 13.6. The number of nitrogens with zero attached hydrogens (tertiary/aromatic N) is 1. The van der Waals surface area contributed by atoms with E-state index in [4.69, 9.17) is 5.11 Å². The second kappa shape index (κ2) is 6.84. The summed E-state index contributed by atoms with van der Waals surface area (Å²) in [6.45, 7) is 5.06. The van der Waals surface area contributed by atoms with E-state index in [0.29, 0.717) is 11.3 Å². The normalized spacial score (nSPS) is 13.5. The fraction of sp³-hybridized carbons (Fsp3) is 0.263. The minimum Gasteiger partial charge on any atom is -0.478 e. The highest BCUT2D eigenvalue weighted by Crippen LogP contribution is 2.24. The topological polar surface area (TPSA) is 69.6 Å². The molecule has 3 rings (SSSR count). The lowest BCUT2D eigenvalue weighted by molar-refractivity contribution is 0.0696. The molecule has 2 aromatic carbocycles. The Bertz CT molecular complexity index is 769. The van der Waals surface area contributed by atoms with Gasteiger partial charge in [-0.2, -0.15) is 0 Å². The SMILES string of the molecule is CCCN1Cc2ccc(C(=O)Nc3ccc(C(=O)O)cc3)cc2C1. The maximum Gasteiger partial charge on any atom is 0.335 e. The van der Waals surface area contributed by atoms with Crippen LogP contribution in [0.1, 0.15) is 45.2 Å². The van der Waals surface area contributed by atoms with Crippen LogP contribution in [0.3, 0.4) is 0 Å². The third-order valence-electron chi connectivity index (χ3n) is 4.19. The Balaban J connectivity index is 1.70. The second-order valence-corrected chi connectivity index (χ2v) is 6.03. The molecule has 0 fully saturated rings. The van der Waals surface area contributed by atoms with E-state index in [2.05, 4.69) is 17.1 Å². The highest BCUT2D eigenvalue weighted by Gasteiger charge is 2.19. The summed E-state index contributed by atoms with van der Waals surface area (Å²) in [6.07, 6.45) is 1.12. The van der Waals surface area contributed by atoms with Crippen molar-refractivity contribution in [2.24, 2.45) is 0 Å². The van der Waals surface area contributed by atoms with Gasteiger partial charge in [-0.1, -0.05) is 13.0 Å². The molecule has 0 atom stereocenters. The Morgan fingerprint density at radius 1 is 1.04 bits per heavy atom. The van der Waals surface area contributed by atoms with Gasteiger partial charge in [0.25, 0.3) is 5.91 Å². The van der Waals surface area contributed by atoms with E-state index in [1.54, 1.807) is 12.1 Å². The molecule has 2 aromatic rings. The van der Waals surface area contributed by atoms with Gasteiger partial charge in [-0.3, -0.25) is 9.69 Å². The average molecular weight is 324 g/mol. The number of hydrogen-bond acceptors (Lipinski definition) is 3. The van der Waals surface area contributed by atoms with Crippen molar-refractivity contribution < 1.29 is 14.7 Å². The molecule has 5 nitrogen and oxygen atoms in total. The van der Waals surface area contributed by atoms with Crippen LogP contribution in [0.2, 0.25) is 0 Å². The standard InChI is InChI=1S/C19H20N2O3/c1-2-9-21-11-15-4-3-14(10-16(15)12-21)18(22)20-17-7-5-13(6-8-17)19(23)24/h3-8,10H,2,9,11-12H2,1H3,(H,20,22)(H,23,24). The monoisotopic (exact) mass is 324 g/mol. The molecule has 1 amide bonds. The van der Waals surface area contributed by atoms with E-state index >= 15 is 0 Å². The van der Waals surface area contributed by atoms with Crippen LogP contribution in [0.25, 0.3) is 0 Å². The van der Waals surface area contributed by atoms with Gasteiger partial charge < -0.3 is 10.4 Å². The summed E-state index contributed by atoms with van der Waals surface area (Å²) in [5.41, 5.74) is 3.89. The van der Waals surface area contributed by atoms with E-state index in [1.807, 2.05) is 18.2 Å².